The summed E-state index contributed by atoms with van der Waals surface area (Å²) in [5.41, 5.74) is 2.53. The summed E-state index contributed by atoms with van der Waals surface area (Å²) in [5, 5.41) is 4.96. The molecule has 0 bridgehead atoms. The molecule has 2 aromatic rings. The third kappa shape index (κ3) is 4.59. The van der Waals surface area contributed by atoms with Gasteiger partial charge in [0.05, 0.1) is 0 Å². The van der Waals surface area contributed by atoms with Crippen molar-refractivity contribution in [2.24, 2.45) is 0 Å². The van der Waals surface area contributed by atoms with Crippen LogP contribution in [0.3, 0.4) is 0 Å². The van der Waals surface area contributed by atoms with Crippen LogP contribution >= 0.6 is 11.3 Å². The first-order valence-electron chi connectivity index (χ1n) is 9.63. The number of fused-ring (bicyclic) bond motifs is 1. The van der Waals surface area contributed by atoms with E-state index in [1.165, 1.54) is 17.4 Å². The van der Waals surface area contributed by atoms with E-state index in [9.17, 15) is 14.0 Å². The zero-order valence-electron chi connectivity index (χ0n) is 15.9. The van der Waals surface area contributed by atoms with E-state index in [-0.39, 0.29) is 17.6 Å². The van der Waals surface area contributed by atoms with Crippen LogP contribution in [-0.2, 0) is 16.0 Å². The van der Waals surface area contributed by atoms with E-state index in [1.54, 1.807) is 28.7 Å². The van der Waals surface area contributed by atoms with Crippen LogP contribution in [0.25, 0.3) is 11.9 Å². The van der Waals surface area contributed by atoms with Crippen LogP contribution in [0.4, 0.5) is 10.2 Å². The molecule has 0 atom stereocenters. The van der Waals surface area contributed by atoms with Crippen molar-refractivity contribution in [3.63, 3.8) is 0 Å². The first-order valence-corrected chi connectivity index (χ1v) is 10.5. The molecule has 1 N–H and O–H groups in total. The highest BCUT2D eigenvalue weighted by Gasteiger charge is 2.21. The number of amides is 2. The van der Waals surface area contributed by atoms with Crippen molar-refractivity contribution in [3.8, 4) is 0 Å². The number of thiazole rings is 1. The summed E-state index contributed by atoms with van der Waals surface area (Å²) in [5.74, 6) is 0.251. The number of nitrogens with zero attached hydrogens (tertiary/aromatic N) is 3. The number of hydrogen-bond acceptors (Lipinski definition) is 5. The van der Waals surface area contributed by atoms with Gasteiger partial charge in [-0.1, -0.05) is 0 Å². The standard InChI is InChI=1S/C21H21FN4O2S/c22-19(21-23-8-11-29-21)15-6-9-26(10-7-15)18(28)5-4-14-12-16-2-1-3-17(27)25-20(16)24-13-14/h4-5,8,11-13H,1-3,6-7,9-10H2,(H,24,25,27). The van der Waals surface area contributed by atoms with Crippen molar-refractivity contribution >= 4 is 40.9 Å². The van der Waals surface area contributed by atoms with E-state index < -0.39 is 0 Å². The van der Waals surface area contributed by atoms with Crippen LogP contribution in [0, 0.1) is 0 Å². The number of aryl methyl sites for hydroxylation is 1. The molecular weight excluding hydrogens is 391 g/mol. The summed E-state index contributed by atoms with van der Waals surface area (Å²) in [4.78, 5) is 34.2. The smallest absolute Gasteiger partial charge is 0.246 e. The van der Waals surface area contributed by atoms with Crippen molar-refractivity contribution in [1.29, 1.82) is 0 Å². The number of piperidine rings is 1. The first-order chi connectivity index (χ1) is 14.1. The fourth-order valence-electron chi connectivity index (χ4n) is 3.53. The molecule has 2 amide bonds. The van der Waals surface area contributed by atoms with Crippen molar-refractivity contribution in [2.45, 2.75) is 32.1 Å². The maximum absolute atomic E-state index is 14.4. The first kappa shape index (κ1) is 19.4. The fourth-order valence-corrected chi connectivity index (χ4v) is 4.15. The lowest BCUT2D eigenvalue weighted by Gasteiger charge is -2.27. The zero-order valence-corrected chi connectivity index (χ0v) is 16.7. The molecule has 4 rings (SSSR count). The maximum Gasteiger partial charge on any atom is 0.246 e. The summed E-state index contributed by atoms with van der Waals surface area (Å²) in [7, 11) is 0. The van der Waals surface area contributed by atoms with E-state index in [2.05, 4.69) is 15.3 Å². The van der Waals surface area contributed by atoms with Crippen molar-refractivity contribution in [1.82, 2.24) is 14.9 Å². The van der Waals surface area contributed by atoms with E-state index in [0.29, 0.717) is 43.2 Å². The van der Waals surface area contributed by atoms with Crippen LogP contribution in [0.2, 0.25) is 0 Å². The van der Waals surface area contributed by atoms with Crippen LogP contribution in [-0.4, -0.2) is 39.8 Å². The molecule has 0 spiro atoms. The van der Waals surface area contributed by atoms with Crippen LogP contribution in [0.15, 0.2) is 35.5 Å². The molecule has 29 heavy (non-hydrogen) atoms. The Labute approximate surface area is 172 Å². The van der Waals surface area contributed by atoms with Crippen LogP contribution < -0.4 is 5.32 Å². The number of aromatic nitrogens is 2. The second kappa shape index (κ2) is 8.65. The molecular formula is C21H21FN4O2S. The second-order valence-corrected chi connectivity index (χ2v) is 7.99. The highest BCUT2D eigenvalue weighted by atomic mass is 32.1. The minimum atomic E-state index is -0.245. The normalized spacial score (nSPS) is 17.1. The second-order valence-electron chi connectivity index (χ2n) is 7.09. The predicted molar refractivity (Wildman–Crippen MR) is 111 cm³/mol. The number of pyridine rings is 1. The van der Waals surface area contributed by atoms with Crippen LogP contribution in [0.5, 0.6) is 0 Å². The Morgan fingerprint density at radius 1 is 1.21 bits per heavy atom. The number of carbonyl (C=O) groups is 2. The van der Waals surface area contributed by atoms with E-state index in [4.69, 9.17) is 0 Å². The Hall–Kier alpha value is -2.87. The van der Waals surface area contributed by atoms with Gasteiger partial charge in [-0.05, 0) is 54.5 Å². The molecule has 0 unspecified atom stereocenters. The summed E-state index contributed by atoms with van der Waals surface area (Å²) >= 11 is 1.28. The van der Waals surface area contributed by atoms with E-state index in [1.807, 2.05) is 6.07 Å². The lowest BCUT2D eigenvalue weighted by atomic mass is 10.0. The Balaban J connectivity index is 1.38. The molecule has 1 fully saturated rings. The molecule has 0 aliphatic carbocycles. The van der Waals surface area contributed by atoms with Gasteiger partial charge in [-0.15, -0.1) is 11.3 Å². The molecule has 0 aromatic carbocycles. The summed E-state index contributed by atoms with van der Waals surface area (Å²) in [6.45, 7) is 0.984. The monoisotopic (exact) mass is 412 g/mol. The van der Waals surface area contributed by atoms with Gasteiger partial charge in [0.15, 0.2) is 10.8 Å². The number of anilines is 1. The number of likely N-dealkylation sites (tertiary alicyclic amines) is 1. The summed E-state index contributed by atoms with van der Waals surface area (Å²) in [6.07, 6.45) is 9.61. The van der Waals surface area contributed by atoms with Gasteiger partial charge in [0.1, 0.15) is 5.82 Å². The zero-order chi connectivity index (χ0) is 20.2. The Morgan fingerprint density at radius 2 is 2.03 bits per heavy atom. The van der Waals surface area contributed by atoms with Crippen LogP contribution in [0.1, 0.15) is 41.8 Å². The molecule has 6 nitrogen and oxygen atoms in total. The number of halogens is 1. The third-order valence-corrected chi connectivity index (χ3v) is 5.89. The van der Waals surface area contributed by atoms with Gasteiger partial charge in [0, 0.05) is 43.4 Å². The van der Waals surface area contributed by atoms with Crippen molar-refractivity contribution in [2.75, 3.05) is 18.4 Å². The molecule has 0 radical (unpaired) electrons. The number of hydrogen-bond donors (Lipinski definition) is 1. The van der Waals surface area contributed by atoms with Gasteiger partial charge in [0.2, 0.25) is 11.8 Å². The van der Waals surface area contributed by atoms with Gasteiger partial charge >= 0.3 is 0 Å². The molecule has 2 aliphatic heterocycles. The Morgan fingerprint density at radius 3 is 2.79 bits per heavy atom. The molecule has 1 saturated heterocycles. The average Bonchev–Trinajstić information content (AvgIpc) is 3.21. The fraction of sp³-hybridized carbons (Fsp3) is 0.333. The van der Waals surface area contributed by atoms with Gasteiger partial charge in [-0.25, -0.2) is 14.4 Å². The van der Waals surface area contributed by atoms with E-state index >= 15 is 0 Å². The van der Waals surface area contributed by atoms with Gasteiger partial charge in [-0.2, -0.15) is 0 Å². The maximum atomic E-state index is 14.4. The molecule has 2 aliphatic rings. The van der Waals surface area contributed by atoms with Crippen molar-refractivity contribution < 1.29 is 14.0 Å². The lowest BCUT2D eigenvalue weighted by molar-refractivity contribution is -0.126. The minimum absolute atomic E-state index is 0.0143. The predicted octanol–water partition coefficient (Wildman–Crippen LogP) is 3.83. The Bertz CT molecular complexity index is 975. The number of nitrogens with one attached hydrogen (secondary N) is 1. The average molecular weight is 412 g/mol. The number of carbonyl (C=O) groups excluding carboxylic acids is 2. The molecule has 4 heterocycles. The van der Waals surface area contributed by atoms with Crippen molar-refractivity contribution in [3.05, 3.63) is 51.6 Å². The van der Waals surface area contributed by atoms with E-state index in [0.717, 1.165) is 29.5 Å². The topological polar surface area (TPSA) is 75.2 Å². The molecule has 150 valence electrons. The highest BCUT2D eigenvalue weighted by molar-refractivity contribution is 7.10. The molecule has 2 aromatic heterocycles. The minimum Gasteiger partial charge on any atom is -0.339 e. The van der Waals surface area contributed by atoms with Gasteiger partial charge < -0.3 is 10.2 Å². The Kier molecular flexibility index (Phi) is 5.80. The molecule has 0 saturated carbocycles. The highest BCUT2D eigenvalue weighted by Crippen LogP contribution is 2.29. The summed E-state index contributed by atoms with van der Waals surface area (Å²) < 4.78 is 14.4. The lowest BCUT2D eigenvalue weighted by Crippen LogP contribution is -2.35. The SMILES string of the molecule is O=C1CCCc2cc(C=CC(=O)N3CCC(=C(F)c4nccs4)CC3)cnc2N1. The van der Waals surface area contributed by atoms with Gasteiger partial charge in [0.25, 0.3) is 0 Å². The largest absolute Gasteiger partial charge is 0.339 e. The quantitative estimate of drug-likeness (QED) is 0.778. The number of rotatable bonds is 3. The van der Waals surface area contributed by atoms with Gasteiger partial charge in [-0.3, -0.25) is 9.59 Å². The summed E-state index contributed by atoms with van der Waals surface area (Å²) in [6, 6.07) is 1.96. The molecule has 8 heteroatoms. The third-order valence-electron chi connectivity index (χ3n) is 5.12.